The van der Waals surface area contributed by atoms with Crippen LogP contribution in [0.25, 0.3) is 11.0 Å². The Bertz CT molecular complexity index is 637. The highest BCUT2D eigenvalue weighted by Gasteiger charge is 2.33. The molecule has 0 amide bonds. The summed E-state index contributed by atoms with van der Waals surface area (Å²) in [6.45, 7) is 5.98. The zero-order chi connectivity index (χ0) is 13.7. The fraction of sp³-hybridized carbons (Fsp3) is 0.600. The number of likely N-dealkylation sites (tertiary alicyclic amines) is 1. The smallest absolute Gasteiger partial charge is 0.145 e. The summed E-state index contributed by atoms with van der Waals surface area (Å²) in [6, 6.07) is 0.590. The fourth-order valence-corrected chi connectivity index (χ4v) is 3.58. The summed E-state index contributed by atoms with van der Waals surface area (Å²) in [7, 11) is 0. The topological polar surface area (TPSA) is 60.0 Å². The van der Waals surface area contributed by atoms with E-state index in [0.717, 1.165) is 17.0 Å². The molecule has 0 unspecified atom stereocenters. The van der Waals surface area contributed by atoms with Crippen LogP contribution in [-0.2, 0) is 0 Å². The van der Waals surface area contributed by atoms with E-state index >= 15 is 0 Å². The number of nitrogens with zero attached hydrogens (tertiary/aromatic N) is 4. The van der Waals surface area contributed by atoms with E-state index in [4.69, 9.17) is 5.73 Å². The van der Waals surface area contributed by atoms with Gasteiger partial charge >= 0.3 is 0 Å². The van der Waals surface area contributed by atoms with Crippen LogP contribution >= 0.6 is 0 Å². The Morgan fingerprint density at radius 1 is 1.30 bits per heavy atom. The Morgan fingerprint density at radius 2 is 2.10 bits per heavy atom. The minimum Gasteiger partial charge on any atom is -0.383 e. The van der Waals surface area contributed by atoms with E-state index in [1.165, 1.54) is 44.5 Å². The van der Waals surface area contributed by atoms with Crippen LogP contribution in [0, 0.1) is 12.8 Å². The average Bonchev–Trinajstić information content (AvgIpc) is 2.64. The average molecular weight is 271 g/mol. The van der Waals surface area contributed by atoms with Crippen molar-refractivity contribution in [3.63, 3.8) is 0 Å². The summed E-state index contributed by atoms with van der Waals surface area (Å²) in [5, 5.41) is 1.03. The molecule has 20 heavy (non-hydrogen) atoms. The number of anilines is 1. The van der Waals surface area contributed by atoms with Crippen molar-refractivity contribution in [1.29, 1.82) is 0 Å². The maximum absolute atomic E-state index is 5.98. The molecule has 1 saturated heterocycles. The van der Waals surface area contributed by atoms with Crippen molar-refractivity contribution in [2.45, 2.75) is 32.2 Å². The number of aryl methyl sites for hydroxylation is 1. The third-order valence-electron chi connectivity index (χ3n) is 4.90. The molecular weight excluding hydrogens is 250 g/mol. The molecule has 1 aliphatic carbocycles. The van der Waals surface area contributed by atoms with Crippen molar-refractivity contribution in [3.05, 3.63) is 18.1 Å². The van der Waals surface area contributed by atoms with Crippen LogP contribution in [0.4, 0.5) is 5.82 Å². The summed E-state index contributed by atoms with van der Waals surface area (Å²) < 4.78 is 2.31. The lowest BCUT2D eigenvalue weighted by Gasteiger charge is -2.42. The lowest BCUT2D eigenvalue weighted by atomic mass is 9.79. The number of nitrogens with two attached hydrogens (primary N) is 1. The van der Waals surface area contributed by atoms with Crippen LogP contribution in [0.1, 0.15) is 30.9 Å². The minimum absolute atomic E-state index is 0.590. The molecule has 2 fully saturated rings. The standard InChI is InChI=1S/C15H21N5/c1-10-7-20(15-13(10)14(16)17-9-18-15)12-5-11(6-12)8-19-3-2-4-19/h7,9,11-12H,2-6,8H2,1H3,(H2,16,17,18). The van der Waals surface area contributed by atoms with Crippen LogP contribution < -0.4 is 5.73 Å². The highest BCUT2D eigenvalue weighted by atomic mass is 15.2. The summed E-state index contributed by atoms with van der Waals surface area (Å²) in [5.74, 6) is 1.46. The normalized spacial score (nSPS) is 26.4. The highest BCUT2D eigenvalue weighted by molar-refractivity contribution is 5.89. The maximum Gasteiger partial charge on any atom is 0.145 e. The molecule has 0 aromatic carbocycles. The Hall–Kier alpha value is -1.62. The van der Waals surface area contributed by atoms with Gasteiger partial charge in [0.05, 0.1) is 5.39 Å². The number of hydrogen-bond acceptors (Lipinski definition) is 4. The molecule has 0 radical (unpaired) electrons. The molecule has 3 heterocycles. The zero-order valence-electron chi connectivity index (χ0n) is 11.9. The molecule has 0 atom stereocenters. The van der Waals surface area contributed by atoms with Gasteiger partial charge in [0.15, 0.2) is 0 Å². The highest BCUT2D eigenvalue weighted by Crippen LogP contribution is 2.41. The van der Waals surface area contributed by atoms with E-state index < -0.39 is 0 Å². The predicted molar refractivity (Wildman–Crippen MR) is 79.5 cm³/mol. The largest absolute Gasteiger partial charge is 0.383 e. The molecule has 2 aliphatic rings. The van der Waals surface area contributed by atoms with Crippen molar-refractivity contribution in [2.24, 2.45) is 5.92 Å². The van der Waals surface area contributed by atoms with Crippen LogP contribution in [0.3, 0.4) is 0 Å². The van der Waals surface area contributed by atoms with Gasteiger partial charge < -0.3 is 15.2 Å². The number of nitrogen functional groups attached to an aromatic ring is 1. The number of rotatable bonds is 3. The summed E-state index contributed by atoms with van der Waals surface area (Å²) >= 11 is 0. The van der Waals surface area contributed by atoms with Gasteiger partial charge in [-0.2, -0.15) is 0 Å². The molecule has 4 rings (SSSR count). The van der Waals surface area contributed by atoms with E-state index in [1.807, 2.05) is 0 Å². The quantitative estimate of drug-likeness (QED) is 0.927. The van der Waals surface area contributed by atoms with Gasteiger partial charge in [0.1, 0.15) is 17.8 Å². The summed E-state index contributed by atoms with van der Waals surface area (Å²) in [6.07, 6.45) is 7.69. The van der Waals surface area contributed by atoms with Crippen molar-refractivity contribution in [1.82, 2.24) is 19.4 Å². The predicted octanol–water partition coefficient (Wildman–Crippen LogP) is 1.98. The minimum atomic E-state index is 0.590. The van der Waals surface area contributed by atoms with Crippen molar-refractivity contribution >= 4 is 16.9 Å². The maximum atomic E-state index is 5.98. The molecule has 0 bridgehead atoms. The van der Waals surface area contributed by atoms with Gasteiger partial charge in [-0.3, -0.25) is 0 Å². The zero-order valence-corrected chi connectivity index (χ0v) is 11.9. The van der Waals surface area contributed by atoms with E-state index in [0.29, 0.717) is 11.9 Å². The Morgan fingerprint density at radius 3 is 2.80 bits per heavy atom. The van der Waals surface area contributed by atoms with Gasteiger partial charge in [0, 0.05) is 18.8 Å². The van der Waals surface area contributed by atoms with Crippen LogP contribution in [-0.4, -0.2) is 39.1 Å². The van der Waals surface area contributed by atoms with E-state index in [1.54, 1.807) is 6.33 Å². The summed E-state index contributed by atoms with van der Waals surface area (Å²) in [4.78, 5) is 11.1. The molecule has 2 aromatic heterocycles. The number of fused-ring (bicyclic) bond motifs is 1. The third-order valence-corrected chi connectivity index (χ3v) is 4.90. The van der Waals surface area contributed by atoms with E-state index in [9.17, 15) is 0 Å². The Balaban J connectivity index is 1.54. The second kappa shape index (κ2) is 4.45. The van der Waals surface area contributed by atoms with Crippen LogP contribution in [0.5, 0.6) is 0 Å². The molecule has 5 nitrogen and oxygen atoms in total. The van der Waals surface area contributed by atoms with E-state index in [2.05, 4.69) is 32.6 Å². The van der Waals surface area contributed by atoms with Gasteiger partial charge in [0.2, 0.25) is 0 Å². The third kappa shape index (κ3) is 1.80. The number of hydrogen-bond donors (Lipinski definition) is 1. The van der Waals surface area contributed by atoms with Crippen LogP contribution in [0.15, 0.2) is 12.5 Å². The first-order chi connectivity index (χ1) is 9.72. The van der Waals surface area contributed by atoms with Crippen LogP contribution in [0.2, 0.25) is 0 Å². The molecule has 1 saturated carbocycles. The first kappa shape index (κ1) is 12.1. The fourth-order valence-electron chi connectivity index (χ4n) is 3.58. The Kier molecular flexibility index (Phi) is 2.70. The van der Waals surface area contributed by atoms with Gasteiger partial charge in [0.25, 0.3) is 0 Å². The lowest BCUT2D eigenvalue weighted by Crippen LogP contribution is -2.43. The Labute approximate surface area is 118 Å². The monoisotopic (exact) mass is 271 g/mol. The molecule has 2 N–H and O–H groups in total. The molecule has 1 aliphatic heterocycles. The first-order valence-corrected chi connectivity index (χ1v) is 7.52. The van der Waals surface area contributed by atoms with Gasteiger partial charge in [-0.25, -0.2) is 9.97 Å². The molecule has 5 heteroatoms. The van der Waals surface area contributed by atoms with Gasteiger partial charge in [-0.1, -0.05) is 0 Å². The van der Waals surface area contributed by atoms with Crippen molar-refractivity contribution < 1.29 is 0 Å². The molecular formula is C15H21N5. The first-order valence-electron chi connectivity index (χ1n) is 7.52. The summed E-state index contributed by atoms with van der Waals surface area (Å²) in [5.41, 5.74) is 8.16. The van der Waals surface area contributed by atoms with Crippen molar-refractivity contribution in [2.75, 3.05) is 25.4 Å². The molecule has 2 aromatic rings. The molecule has 0 spiro atoms. The van der Waals surface area contributed by atoms with E-state index in [-0.39, 0.29) is 0 Å². The van der Waals surface area contributed by atoms with Crippen molar-refractivity contribution in [3.8, 4) is 0 Å². The SMILES string of the molecule is Cc1cn(C2CC(CN3CCC3)C2)c2ncnc(N)c12. The lowest BCUT2D eigenvalue weighted by molar-refractivity contribution is 0.0921. The van der Waals surface area contributed by atoms with Gasteiger partial charge in [-0.15, -0.1) is 0 Å². The second-order valence-corrected chi connectivity index (χ2v) is 6.32. The number of aromatic nitrogens is 3. The molecule has 106 valence electrons. The second-order valence-electron chi connectivity index (χ2n) is 6.32. The van der Waals surface area contributed by atoms with Gasteiger partial charge in [-0.05, 0) is 50.8 Å².